The van der Waals surface area contributed by atoms with Gasteiger partial charge in [-0.3, -0.25) is 0 Å². The second-order valence-corrected chi connectivity index (χ2v) is 3.83. The number of ether oxygens (including phenoxy) is 1. The molecule has 4 radical (unpaired) electrons. The first-order chi connectivity index (χ1) is 7.19. The molecule has 0 saturated carbocycles. The molecule has 0 heterocycles. The molecule has 1 aromatic carbocycles. The summed E-state index contributed by atoms with van der Waals surface area (Å²) >= 11 is 0. The van der Waals surface area contributed by atoms with Crippen molar-refractivity contribution in [2.45, 2.75) is 20.8 Å². The Morgan fingerprint density at radius 1 is 1.31 bits per heavy atom. The van der Waals surface area contributed by atoms with Crippen LogP contribution in [0.5, 0.6) is 0 Å². The van der Waals surface area contributed by atoms with Gasteiger partial charge >= 0.3 is 5.97 Å². The van der Waals surface area contributed by atoms with Gasteiger partial charge in [-0.05, 0) is 25.0 Å². The summed E-state index contributed by atoms with van der Waals surface area (Å²) in [5.74, 6) is -0.246. The predicted octanol–water partition coefficient (Wildman–Crippen LogP) is 2.36. The molecule has 0 aliphatic carbocycles. The van der Waals surface area contributed by atoms with Crippen molar-refractivity contribution in [1.82, 2.24) is 0 Å². The summed E-state index contributed by atoms with van der Waals surface area (Å²) in [6, 6.07) is 5.79. The fourth-order valence-electron chi connectivity index (χ4n) is 1.15. The predicted molar refractivity (Wildman–Crippen MR) is 73.5 cm³/mol. The summed E-state index contributed by atoms with van der Waals surface area (Å²) in [7, 11) is 2.03. The van der Waals surface area contributed by atoms with Crippen LogP contribution in [0.4, 0.5) is 0 Å². The number of benzene rings is 1. The van der Waals surface area contributed by atoms with Crippen molar-refractivity contribution >= 4 is 47.2 Å². The minimum absolute atomic E-state index is 0. The Morgan fingerprint density at radius 3 is 2.31 bits per heavy atom. The van der Waals surface area contributed by atoms with Gasteiger partial charge in [0, 0.05) is 27.3 Å². The van der Waals surface area contributed by atoms with Gasteiger partial charge in [0.2, 0.25) is 0 Å². The summed E-state index contributed by atoms with van der Waals surface area (Å²) in [6.45, 7) is 8.08. The van der Waals surface area contributed by atoms with E-state index < -0.39 is 0 Å². The molecule has 0 saturated heterocycles. The third-order valence-corrected chi connectivity index (χ3v) is 2.80. The van der Waals surface area contributed by atoms with Crippen molar-refractivity contribution < 1.29 is 9.53 Å². The number of methoxy groups -OCH3 is 1. The Bertz CT molecular complexity index is 327. The van der Waals surface area contributed by atoms with E-state index in [0.29, 0.717) is 14.1 Å². The number of esters is 1. The summed E-state index contributed by atoms with van der Waals surface area (Å²) in [6.07, 6.45) is 0. The molecule has 1 unspecified atom stereocenters. The third kappa shape index (κ3) is 5.39. The zero-order valence-electron chi connectivity index (χ0n) is 10.5. The van der Waals surface area contributed by atoms with Gasteiger partial charge in [-0.15, -0.1) is 0 Å². The number of hydrogen-bond acceptors (Lipinski definition) is 2. The molecule has 1 atom stereocenters. The van der Waals surface area contributed by atoms with E-state index in [0.717, 1.165) is 5.30 Å². The monoisotopic (exact) mass is 434 g/mol. The zero-order chi connectivity index (χ0) is 11.8. The average molecular weight is 433 g/mol. The second kappa shape index (κ2) is 10.2. The molecule has 0 aromatic heterocycles. The van der Waals surface area contributed by atoms with E-state index in [2.05, 4.69) is 11.4 Å². The Kier molecular flexibility index (Phi) is 11.7. The number of hydrogen-bond donors (Lipinski definition) is 0. The second-order valence-electron chi connectivity index (χ2n) is 2.79. The van der Waals surface area contributed by atoms with Crippen molar-refractivity contribution in [2.24, 2.45) is 0 Å². The van der Waals surface area contributed by atoms with E-state index >= 15 is 0 Å². The van der Waals surface area contributed by atoms with Crippen LogP contribution in [0.1, 0.15) is 29.8 Å². The summed E-state index contributed by atoms with van der Waals surface area (Å²) in [4.78, 5) is 11.3. The normalized spacial score (nSPS) is 9.06. The Balaban J connectivity index is 0. The molecule has 16 heavy (non-hydrogen) atoms. The molecule has 0 bridgehead atoms. The quantitative estimate of drug-likeness (QED) is 0.407. The van der Waals surface area contributed by atoms with E-state index in [1.807, 2.05) is 39.0 Å². The van der Waals surface area contributed by atoms with E-state index in [9.17, 15) is 4.79 Å². The van der Waals surface area contributed by atoms with Gasteiger partial charge in [-0.25, -0.2) is 4.79 Å². The number of aryl methyl sites for hydroxylation is 1. The fourth-order valence-corrected chi connectivity index (χ4v) is 1.98. The van der Waals surface area contributed by atoms with Crippen LogP contribution in [0.2, 0.25) is 0 Å². The van der Waals surface area contributed by atoms with Crippen molar-refractivity contribution in [3.8, 4) is 0 Å². The molecule has 1 rings (SSSR count). The van der Waals surface area contributed by atoms with E-state index in [1.54, 1.807) is 0 Å². The SMILES string of the molecule is CC.COC(=O)c1ccc(C)cc1PC.[Pb]. The molecular weight excluding hydrogens is 414 g/mol. The molecule has 0 N–H and O–H groups in total. The summed E-state index contributed by atoms with van der Waals surface area (Å²) in [5, 5.41) is 1.08. The minimum Gasteiger partial charge on any atom is -0.465 e. The molecule has 4 heteroatoms. The van der Waals surface area contributed by atoms with Crippen LogP contribution in [0.15, 0.2) is 18.2 Å². The smallest absolute Gasteiger partial charge is 0.338 e. The molecular formula is C12H19O2PPb. The van der Waals surface area contributed by atoms with E-state index in [4.69, 9.17) is 0 Å². The summed E-state index contributed by atoms with van der Waals surface area (Å²) in [5.41, 5.74) is 1.87. The van der Waals surface area contributed by atoms with Gasteiger partial charge < -0.3 is 4.74 Å². The number of carbonyl (C=O) groups is 1. The molecule has 0 fully saturated rings. The Morgan fingerprint density at radius 2 is 1.88 bits per heavy atom. The molecule has 0 spiro atoms. The topological polar surface area (TPSA) is 26.3 Å². The first kappa shape index (κ1) is 18.4. The van der Waals surface area contributed by atoms with Crippen molar-refractivity contribution in [3.05, 3.63) is 29.3 Å². The average Bonchev–Trinajstić information content (AvgIpc) is 2.30. The Labute approximate surface area is 120 Å². The molecule has 88 valence electrons. The van der Waals surface area contributed by atoms with Crippen LogP contribution in [0, 0.1) is 6.92 Å². The first-order valence-corrected chi connectivity index (χ1v) is 6.55. The van der Waals surface area contributed by atoms with Gasteiger partial charge in [0.1, 0.15) is 0 Å². The molecule has 1 aromatic rings. The van der Waals surface area contributed by atoms with Crippen LogP contribution >= 0.6 is 8.58 Å². The van der Waals surface area contributed by atoms with Gasteiger partial charge in [0.25, 0.3) is 0 Å². The van der Waals surface area contributed by atoms with Crippen molar-refractivity contribution in [3.63, 3.8) is 0 Å². The van der Waals surface area contributed by atoms with E-state index in [-0.39, 0.29) is 33.3 Å². The van der Waals surface area contributed by atoms with Gasteiger partial charge in [-0.1, -0.05) is 40.1 Å². The van der Waals surface area contributed by atoms with Crippen molar-refractivity contribution in [2.75, 3.05) is 13.8 Å². The maximum absolute atomic E-state index is 11.3. The maximum Gasteiger partial charge on any atom is 0.338 e. The third-order valence-electron chi connectivity index (χ3n) is 1.85. The van der Waals surface area contributed by atoms with Crippen LogP contribution < -0.4 is 5.30 Å². The van der Waals surface area contributed by atoms with E-state index in [1.165, 1.54) is 12.7 Å². The van der Waals surface area contributed by atoms with Crippen LogP contribution in [0.3, 0.4) is 0 Å². The Hall–Kier alpha value is 0.0421. The molecule has 0 aliphatic heterocycles. The largest absolute Gasteiger partial charge is 0.465 e. The van der Waals surface area contributed by atoms with Gasteiger partial charge in [-0.2, -0.15) is 0 Å². The van der Waals surface area contributed by atoms with Crippen molar-refractivity contribution in [1.29, 1.82) is 0 Å². The molecule has 2 nitrogen and oxygen atoms in total. The standard InChI is InChI=1S/C10H13O2P.C2H6.Pb/c1-7-4-5-8(10(11)12-2)9(6-7)13-3;1-2;/h4-6,13H,1-3H3;1-2H3;. The van der Waals surface area contributed by atoms with Gasteiger partial charge in [0.05, 0.1) is 12.7 Å². The summed E-state index contributed by atoms with van der Waals surface area (Å²) < 4.78 is 4.68. The number of rotatable bonds is 2. The van der Waals surface area contributed by atoms with Crippen LogP contribution in [0.25, 0.3) is 0 Å². The fraction of sp³-hybridized carbons (Fsp3) is 0.417. The van der Waals surface area contributed by atoms with Crippen LogP contribution in [-0.2, 0) is 4.74 Å². The zero-order valence-corrected chi connectivity index (χ0v) is 15.4. The molecule has 0 aliphatic rings. The first-order valence-electron chi connectivity index (χ1n) is 5.05. The molecule has 0 amide bonds. The number of carbonyl (C=O) groups excluding carboxylic acids is 1. The minimum atomic E-state index is -0.246. The van der Waals surface area contributed by atoms with Crippen LogP contribution in [-0.4, -0.2) is 47.0 Å². The van der Waals surface area contributed by atoms with Gasteiger partial charge in [0.15, 0.2) is 0 Å². The maximum atomic E-state index is 11.3.